The van der Waals surface area contributed by atoms with Crippen molar-refractivity contribution in [3.8, 4) is 10.6 Å². The zero-order valence-electron chi connectivity index (χ0n) is 13.1. The van der Waals surface area contributed by atoms with Gasteiger partial charge >= 0.3 is 0 Å². The second-order valence-electron chi connectivity index (χ2n) is 5.48. The standard InChI is InChI=1S/C19H14N4OS/c20-18(24)12-5-7-14(8-6-12)22-19-21-10-9-15(23-19)17-11-13-3-1-2-4-16(13)25-17/h1-11H,(H2,20,24)(H,21,22,23). The molecule has 0 spiro atoms. The predicted octanol–water partition coefficient (Wildman–Crippen LogP) is 4.20. The zero-order valence-corrected chi connectivity index (χ0v) is 14.0. The summed E-state index contributed by atoms with van der Waals surface area (Å²) < 4.78 is 1.23. The molecule has 4 rings (SSSR count). The Morgan fingerprint density at radius 1 is 1.04 bits per heavy atom. The second-order valence-corrected chi connectivity index (χ2v) is 6.56. The third-order valence-electron chi connectivity index (χ3n) is 3.76. The van der Waals surface area contributed by atoms with E-state index >= 15 is 0 Å². The maximum Gasteiger partial charge on any atom is 0.248 e. The lowest BCUT2D eigenvalue weighted by Crippen LogP contribution is -2.10. The van der Waals surface area contributed by atoms with Crippen LogP contribution < -0.4 is 11.1 Å². The van der Waals surface area contributed by atoms with E-state index in [0.29, 0.717) is 11.5 Å². The number of nitrogens with two attached hydrogens (primary N) is 1. The Bertz CT molecular complexity index is 1020. The summed E-state index contributed by atoms with van der Waals surface area (Å²) in [6.07, 6.45) is 1.73. The van der Waals surface area contributed by atoms with Crippen LogP contribution in [0, 0.1) is 0 Å². The normalized spacial score (nSPS) is 10.7. The number of fused-ring (bicyclic) bond motifs is 1. The number of carbonyl (C=O) groups excluding carboxylic acids is 1. The van der Waals surface area contributed by atoms with Crippen molar-refractivity contribution < 1.29 is 4.79 Å². The average molecular weight is 346 g/mol. The first-order valence-electron chi connectivity index (χ1n) is 7.68. The van der Waals surface area contributed by atoms with E-state index in [9.17, 15) is 4.79 Å². The van der Waals surface area contributed by atoms with Crippen LogP contribution >= 0.6 is 11.3 Å². The number of hydrogen-bond donors (Lipinski definition) is 2. The Kier molecular flexibility index (Phi) is 3.87. The van der Waals surface area contributed by atoms with Gasteiger partial charge in [0.2, 0.25) is 11.9 Å². The summed E-state index contributed by atoms with van der Waals surface area (Å²) in [6, 6.07) is 19.2. The molecule has 1 amide bonds. The van der Waals surface area contributed by atoms with Gasteiger partial charge < -0.3 is 11.1 Å². The number of nitrogens with zero attached hydrogens (tertiary/aromatic N) is 2. The smallest absolute Gasteiger partial charge is 0.248 e. The molecule has 25 heavy (non-hydrogen) atoms. The molecule has 4 aromatic rings. The number of benzene rings is 2. The Labute approximate surface area is 148 Å². The third kappa shape index (κ3) is 3.20. The van der Waals surface area contributed by atoms with Crippen molar-refractivity contribution in [2.45, 2.75) is 0 Å². The molecule has 0 saturated carbocycles. The molecular weight excluding hydrogens is 332 g/mol. The molecule has 2 aromatic carbocycles. The molecule has 0 aliphatic heterocycles. The quantitative estimate of drug-likeness (QED) is 0.580. The molecule has 0 radical (unpaired) electrons. The van der Waals surface area contributed by atoms with Gasteiger partial charge in [0.05, 0.1) is 10.6 Å². The van der Waals surface area contributed by atoms with Gasteiger partial charge in [-0.3, -0.25) is 4.79 Å². The van der Waals surface area contributed by atoms with Crippen LogP contribution in [-0.2, 0) is 0 Å². The Hall–Kier alpha value is -3.25. The van der Waals surface area contributed by atoms with Gasteiger partial charge in [0, 0.05) is 22.1 Å². The Balaban J connectivity index is 1.61. The summed E-state index contributed by atoms with van der Waals surface area (Å²) in [5.74, 6) is 0.0522. The average Bonchev–Trinajstić information content (AvgIpc) is 3.07. The van der Waals surface area contributed by atoms with Gasteiger partial charge in [-0.1, -0.05) is 18.2 Å². The number of nitrogens with one attached hydrogen (secondary N) is 1. The van der Waals surface area contributed by atoms with Gasteiger partial charge in [-0.05, 0) is 47.9 Å². The van der Waals surface area contributed by atoms with E-state index in [-0.39, 0.29) is 0 Å². The highest BCUT2D eigenvalue weighted by Crippen LogP contribution is 2.32. The number of hydrogen-bond acceptors (Lipinski definition) is 5. The first-order chi connectivity index (χ1) is 12.2. The number of aromatic nitrogens is 2. The van der Waals surface area contributed by atoms with Crippen molar-refractivity contribution in [1.82, 2.24) is 9.97 Å². The molecule has 2 aromatic heterocycles. The van der Waals surface area contributed by atoms with E-state index in [2.05, 4.69) is 33.5 Å². The van der Waals surface area contributed by atoms with E-state index in [1.165, 1.54) is 10.1 Å². The fraction of sp³-hybridized carbons (Fsp3) is 0. The number of primary amides is 1. The lowest BCUT2D eigenvalue weighted by Gasteiger charge is -2.06. The van der Waals surface area contributed by atoms with Gasteiger partial charge in [-0.25, -0.2) is 9.97 Å². The van der Waals surface area contributed by atoms with Gasteiger partial charge in [0.25, 0.3) is 0 Å². The van der Waals surface area contributed by atoms with E-state index < -0.39 is 5.91 Å². The van der Waals surface area contributed by atoms with Crippen molar-refractivity contribution in [3.63, 3.8) is 0 Å². The highest BCUT2D eigenvalue weighted by Gasteiger charge is 2.07. The van der Waals surface area contributed by atoms with Crippen LogP contribution in [0.15, 0.2) is 66.9 Å². The maximum atomic E-state index is 11.1. The molecule has 0 aliphatic carbocycles. The van der Waals surface area contributed by atoms with E-state index in [1.54, 1.807) is 41.8 Å². The van der Waals surface area contributed by atoms with Crippen molar-refractivity contribution in [2.75, 3.05) is 5.32 Å². The fourth-order valence-corrected chi connectivity index (χ4v) is 3.54. The first-order valence-corrected chi connectivity index (χ1v) is 8.49. The number of anilines is 2. The van der Waals surface area contributed by atoms with Crippen LogP contribution in [0.2, 0.25) is 0 Å². The van der Waals surface area contributed by atoms with Crippen LogP contribution in [0.4, 0.5) is 11.6 Å². The van der Waals surface area contributed by atoms with Gasteiger partial charge in [-0.2, -0.15) is 0 Å². The predicted molar refractivity (Wildman–Crippen MR) is 101 cm³/mol. The van der Waals surface area contributed by atoms with Crippen LogP contribution in [0.5, 0.6) is 0 Å². The number of amides is 1. The maximum absolute atomic E-state index is 11.1. The lowest BCUT2D eigenvalue weighted by molar-refractivity contribution is 0.100. The molecule has 0 aliphatic rings. The van der Waals surface area contributed by atoms with Gasteiger partial charge in [0.15, 0.2) is 0 Å². The molecule has 0 unspecified atom stereocenters. The molecule has 122 valence electrons. The fourth-order valence-electron chi connectivity index (χ4n) is 2.51. The molecular formula is C19H14N4OS. The second kappa shape index (κ2) is 6.33. The summed E-state index contributed by atoms with van der Waals surface area (Å²) in [7, 11) is 0. The monoisotopic (exact) mass is 346 g/mol. The number of carbonyl (C=O) groups is 1. The lowest BCUT2D eigenvalue weighted by atomic mass is 10.2. The van der Waals surface area contributed by atoms with Crippen molar-refractivity contribution in [3.05, 3.63) is 72.4 Å². The third-order valence-corrected chi connectivity index (χ3v) is 4.90. The molecule has 2 heterocycles. The van der Waals surface area contributed by atoms with Gasteiger partial charge in [0.1, 0.15) is 0 Å². The Morgan fingerprint density at radius 3 is 2.60 bits per heavy atom. The SMILES string of the molecule is NC(=O)c1ccc(Nc2nccc(-c3cc4ccccc4s3)n2)cc1. The number of thiophene rings is 1. The van der Waals surface area contributed by atoms with E-state index in [4.69, 9.17) is 5.73 Å². The topological polar surface area (TPSA) is 80.9 Å². The van der Waals surface area contributed by atoms with Gasteiger partial charge in [-0.15, -0.1) is 11.3 Å². The Morgan fingerprint density at radius 2 is 1.84 bits per heavy atom. The zero-order chi connectivity index (χ0) is 17.2. The summed E-state index contributed by atoms with van der Waals surface area (Å²) in [5, 5.41) is 4.35. The largest absolute Gasteiger partial charge is 0.366 e. The minimum absolute atomic E-state index is 0.449. The molecule has 5 nitrogen and oxygen atoms in total. The molecule has 6 heteroatoms. The van der Waals surface area contributed by atoms with E-state index in [0.717, 1.165) is 16.3 Å². The van der Waals surface area contributed by atoms with Crippen molar-refractivity contribution in [1.29, 1.82) is 0 Å². The highest BCUT2D eigenvalue weighted by molar-refractivity contribution is 7.22. The molecule has 0 fully saturated rings. The summed E-state index contributed by atoms with van der Waals surface area (Å²) >= 11 is 1.70. The van der Waals surface area contributed by atoms with Crippen LogP contribution in [-0.4, -0.2) is 15.9 Å². The number of rotatable bonds is 4. The minimum atomic E-state index is -0.449. The van der Waals surface area contributed by atoms with Crippen LogP contribution in [0.3, 0.4) is 0 Å². The summed E-state index contributed by atoms with van der Waals surface area (Å²) in [4.78, 5) is 21.1. The molecule has 0 bridgehead atoms. The summed E-state index contributed by atoms with van der Waals surface area (Å²) in [6.45, 7) is 0. The minimum Gasteiger partial charge on any atom is -0.366 e. The highest BCUT2D eigenvalue weighted by atomic mass is 32.1. The molecule has 0 saturated heterocycles. The first kappa shape index (κ1) is 15.3. The van der Waals surface area contributed by atoms with Crippen LogP contribution in [0.1, 0.15) is 10.4 Å². The molecule has 3 N–H and O–H groups in total. The molecule has 0 atom stereocenters. The van der Waals surface area contributed by atoms with Crippen molar-refractivity contribution in [2.24, 2.45) is 5.73 Å². The van der Waals surface area contributed by atoms with E-state index in [1.807, 2.05) is 18.2 Å². The summed E-state index contributed by atoms with van der Waals surface area (Å²) in [5.41, 5.74) is 7.37. The van der Waals surface area contributed by atoms with Crippen molar-refractivity contribution >= 4 is 39.0 Å². The van der Waals surface area contributed by atoms with Crippen LogP contribution in [0.25, 0.3) is 20.7 Å².